The molecule has 0 radical (unpaired) electrons. The van der Waals surface area contributed by atoms with Gasteiger partial charge in [0.2, 0.25) is 0 Å². The first kappa shape index (κ1) is 25.2. The maximum Gasteiger partial charge on any atom is 0.343 e. The second-order valence-electron chi connectivity index (χ2n) is 7.13. The number of carbonyl (C=O) groups excluding carboxylic acids is 2. The predicted molar refractivity (Wildman–Crippen MR) is 130 cm³/mol. The highest BCUT2D eigenvalue weighted by atomic mass is 16.6. The van der Waals surface area contributed by atoms with E-state index in [9.17, 15) is 9.59 Å². The number of hydrogen-bond donors (Lipinski definition) is 0. The molecule has 0 saturated heterocycles. The number of hydrogen-bond acceptors (Lipinski definition) is 8. The molecule has 3 rings (SSSR count). The van der Waals surface area contributed by atoms with E-state index in [1.807, 2.05) is 0 Å². The van der Waals surface area contributed by atoms with E-state index < -0.39 is 5.97 Å². The Balaban J connectivity index is 1.79. The SMILES string of the molecule is COc1ccc(OC)c(C(=O)C=Cc2ccc(OC(=O)c3ccc(OC)c(OC)c3)c(OC)c2)c1. The van der Waals surface area contributed by atoms with Crippen molar-refractivity contribution in [3.63, 3.8) is 0 Å². The Morgan fingerprint density at radius 2 is 1.26 bits per heavy atom. The van der Waals surface area contributed by atoms with Gasteiger partial charge in [-0.05, 0) is 60.2 Å². The summed E-state index contributed by atoms with van der Waals surface area (Å²) >= 11 is 0. The molecule has 35 heavy (non-hydrogen) atoms. The molecule has 3 aromatic carbocycles. The monoisotopic (exact) mass is 478 g/mol. The Hall–Kier alpha value is -4.46. The summed E-state index contributed by atoms with van der Waals surface area (Å²) in [7, 11) is 7.48. The van der Waals surface area contributed by atoms with Crippen LogP contribution in [0.25, 0.3) is 6.08 Å². The number of ether oxygens (including phenoxy) is 6. The van der Waals surface area contributed by atoms with Gasteiger partial charge >= 0.3 is 5.97 Å². The minimum Gasteiger partial charge on any atom is -0.497 e. The van der Waals surface area contributed by atoms with Crippen molar-refractivity contribution in [1.82, 2.24) is 0 Å². The molecular formula is C27H26O8. The van der Waals surface area contributed by atoms with E-state index in [0.717, 1.165) is 0 Å². The van der Waals surface area contributed by atoms with Crippen LogP contribution in [0.1, 0.15) is 26.3 Å². The lowest BCUT2D eigenvalue weighted by Gasteiger charge is -2.12. The number of rotatable bonds is 10. The van der Waals surface area contributed by atoms with Crippen LogP contribution in [0, 0.1) is 0 Å². The molecular weight excluding hydrogens is 452 g/mol. The molecule has 0 bridgehead atoms. The molecule has 0 saturated carbocycles. The molecule has 8 nitrogen and oxygen atoms in total. The Morgan fingerprint density at radius 3 is 1.91 bits per heavy atom. The van der Waals surface area contributed by atoms with Crippen LogP contribution in [0.5, 0.6) is 34.5 Å². The van der Waals surface area contributed by atoms with Gasteiger partial charge < -0.3 is 28.4 Å². The van der Waals surface area contributed by atoms with E-state index in [4.69, 9.17) is 28.4 Å². The van der Waals surface area contributed by atoms with E-state index in [1.165, 1.54) is 47.7 Å². The predicted octanol–water partition coefficient (Wildman–Crippen LogP) is 4.84. The quantitative estimate of drug-likeness (QED) is 0.177. The van der Waals surface area contributed by atoms with Gasteiger partial charge in [-0.15, -0.1) is 0 Å². The average molecular weight is 478 g/mol. The van der Waals surface area contributed by atoms with E-state index in [-0.39, 0.29) is 17.1 Å². The number of esters is 1. The molecule has 3 aromatic rings. The van der Waals surface area contributed by atoms with Crippen LogP contribution in [0.15, 0.2) is 60.7 Å². The molecule has 0 aliphatic rings. The lowest BCUT2D eigenvalue weighted by Crippen LogP contribution is -2.09. The minimum absolute atomic E-state index is 0.227. The summed E-state index contributed by atoms with van der Waals surface area (Å²) in [5.74, 6) is 1.60. The van der Waals surface area contributed by atoms with Gasteiger partial charge in [0, 0.05) is 0 Å². The van der Waals surface area contributed by atoms with Crippen molar-refractivity contribution >= 4 is 17.8 Å². The molecule has 0 fully saturated rings. The standard InChI is InChI=1S/C27H26O8/c1-30-19-9-13-22(31-2)20(16-19)21(28)10-6-17-7-11-24(25(14-17)33-4)35-27(29)18-8-12-23(32-3)26(15-18)34-5/h6-16H,1-5H3. The Morgan fingerprint density at radius 1 is 0.629 bits per heavy atom. The Bertz CT molecular complexity index is 1250. The average Bonchev–Trinajstić information content (AvgIpc) is 2.91. The number of ketones is 1. The molecule has 0 spiro atoms. The van der Waals surface area contributed by atoms with Crippen LogP contribution < -0.4 is 28.4 Å². The molecule has 0 N–H and O–H groups in total. The highest BCUT2D eigenvalue weighted by molar-refractivity contribution is 6.09. The first-order valence-corrected chi connectivity index (χ1v) is 10.5. The third-order valence-electron chi connectivity index (χ3n) is 5.11. The van der Waals surface area contributed by atoms with E-state index in [1.54, 1.807) is 54.6 Å². The summed E-state index contributed by atoms with van der Waals surface area (Å²) < 4.78 is 31.8. The van der Waals surface area contributed by atoms with Gasteiger partial charge in [0.05, 0.1) is 46.7 Å². The third-order valence-corrected chi connectivity index (χ3v) is 5.11. The van der Waals surface area contributed by atoms with Crippen molar-refractivity contribution in [2.45, 2.75) is 0 Å². The van der Waals surface area contributed by atoms with Crippen LogP contribution in [-0.2, 0) is 0 Å². The molecule has 8 heteroatoms. The lowest BCUT2D eigenvalue weighted by molar-refractivity contribution is 0.0729. The molecule has 0 amide bonds. The summed E-state index contributed by atoms with van der Waals surface area (Å²) in [6.07, 6.45) is 3.05. The molecule has 0 unspecified atom stereocenters. The second-order valence-corrected chi connectivity index (χ2v) is 7.13. The lowest BCUT2D eigenvalue weighted by atomic mass is 10.1. The number of allylic oxidation sites excluding steroid dienone is 1. The highest BCUT2D eigenvalue weighted by Gasteiger charge is 2.16. The van der Waals surface area contributed by atoms with Crippen molar-refractivity contribution in [1.29, 1.82) is 0 Å². The van der Waals surface area contributed by atoms with E-state index in [2.05, 4.69) is 0 Å². The topological polar surface area (TPSA) is 89.5 Å². The van der Waals surface area contributed by atoms with Gasteiger partial charge in [0.1, 0.15) is 11.5 Å². The van der Waals surface area contributed by atoms with Crippen LogP contribution in [-0.4, -0.2) is 47.3 Å². The minimum atomic E-state index is -0.590. The zero-order valence-corrected chi connectivity index (χ0v) is 20.1. The Labute approximate surface area is 203 Å². The molecule has 0 heterocycles. The second kappa shape index (κ2) is 11.6. The number of methoxy groups -OCH3 is 5. The fraction of sp³-hybridized carbons (Fsp3) is 0.185. The highest BCUT2D eigenvalue weighted by Crippen LogP contribution is 2.32. The maximum absolute atomic E-state index is 12.7. The largest absolute Gasteiger partial charge is 0.497 e. The van der Waals surface area contributed by atoms with Gasteiger partial charge in [0.25, 0.3) is 0 Å². The normalized spacial score (nSPS) is 10.5. The van der Waals surface area contributed by atoms with E-state index >= 15 is 0 Å². The molecule has 182 valence electrons. The number of carbonyl (C=O) groups is 2. The first-order chi connectivity index (χ1) is 16.9. The zero-order valence-electron chi connectivity index (χ0n) is 20.1. The van der Waals surface area contributed by atoms with Crippen molar-refractivity contribution in [2.75, 3.05) is 35.5 Å². The van der Waals surface area contributed by atoms with Crippen molar-refractivity contribution in [3.05, 3.63) is 77.4 Å². The fourth-order valence-electron chi connectivity index (χ4n) is 3.26. The smallest absolute Gasteiger partial charge is 0.343 e. The van der Waals surface area contributed by atoms with Gasteiger partial charge in [-0.1, -0.05) is 12.1 Å². The third kappa shape index (κ3) is 5.92. The molecule has 0 atom stereocenters. The first-order valence-electron chi connectivity index (χ1n) is 10.5. The summed E-state index contributed by atoms with van der Waals surface area (Å²) in [4.78, 5) is 25.4. The summed E-state index contributed by atoms with van der Waals surface area (Å²) in [5, 5.41) is 0. The number of benzene rings is 3. The van der Waals surface area contributed by atoms with Crippen molar-refractivity contribution in [2.24, 2.45) is 0 Å². The fourth-order valence-corrected chi connectivity index (χ4v) is 3.26. The van der Waals surface area contributed by atoms with Gasteiger partial charge in [-0.25, -0.2) is 4.79 Å². The van der Waals surface area contributed by atoms with Crippen LogP contribution in [0.2, 0.25) is 0 Å². The molecule has 0 aliphatic heterocycles. The summed E-state index contributed by atoms with van der Waals surface area (Å²) in [5.41, 5.74) is 1.32. The van der Waals surface area contributed by atoms with Gasteiger partial charge in [0.15, 0.2) is 28.8 Å². The van der Waals surface area contributed by atoms with Crippen LogP contribution in [0.3, 0.4) is 0 Å². The molecule has 0 aliphatic carbocycles. The van der Waals surface area contributed by atoms with Crippen LogP contribution >= 0.6 is 0 Å². The van der Waals surface area contributed by atoms with Gasteiger partial charge in [-0.3, -0.25) is 4.79 Å². The zero-order chi connectivity index (χ0) is 25.4. The van der Waals surface area contributed by atoms with Crippen molar-refractivity contribution in [3.8, 4) is 34.5 Å². The van der Waals surface area contributed by atoms with Crippen molar-refractivity contribution < 1.29 is 38.0 Å². The van der Waals surface area contributed by atoms with Gasteiger partial charge in [-0.2, -0.15) is 0 Å². The summed E-state index contributed by atoms with van der Waals surface area (Å²) in [6, 6.07) is 14.7. The summed E-state index contributed by atoms with van der Waals surface area (Å²) in [6.45, 7) is 0. The molecule has 0 aromatic heterocycles. The van der Waals surface area contributed by atoms with E-state index in [0.29, 0.717) is 39.9 Å². The maximum atomic E-state index is 12.7. The van der Waals surface area contributed by atoms with Crippen LogP contribution in [0.4, 0.5) is 0 Å². The Kier molecular flexibility index (Phi) is 8.34.